The van der Waals surface area contributed by atoms with Gasteiger partial charge in [-0.2, -0.15) is 0 Å². The normalized spacial score (nSPS) is 12.1. The number of nitrogens with one attached hydrogen (secondary N) is 1. The maximum Gasteiger partial charge on any atom is 0.243 e. The Morgan fingerprint density at radius 2 is 1.81 bits per heavy atom. The maximum absolute atomic E-state index is 12.7. The molecule has 8 heteroatoms. The summed E-state index contributed by atoms with van der Waals surface area (Å²) in [6.07, 6.45) is 3.50. The average Bonchev–Trinajstić information content (AvgIpc) is 2.75. The van der Waals surface area contributed by atoms with Crippen LogP contribution < -0.4 is 19.1 Å². The molecular weight excluding hydrogens is 416 g/mol. The van der Waals surface area contributed by atoms with Gasteiger partial charge in [-0.1, -0.05) is 25.1 Å². The number of ether oxygens (including phenoxy) is 2. The predicted molar refractivity (Wildman–Crippen MR) is 123 cm³/mol. The zero-order valence-corrected chi connectivity index (χ0v) is 19.4. The van der Waals surface area contributed by atoms with E-state index in [0.717, 1.165) is 34.7 Å². The van der Waals surface area contributed by atoms with Crippen LogP contribution in [0.5, 0.6) is 11.5 Å². The van der Waals surface area contributed by atoms with E-state index in [9.17, 15) is 13.2 Å². The van der Waals surface area contributed by atoms with Crippen LogP contribution in [0.4, 0.5) is 5.69 Å². The Morgan fingerprint density at radius 1 is 1.13 bits per heavy atom. The van der Waals surface area contributed by atoms with Crippen LogP contribution in [-0.2, 0) is 21.2 Å². The highest BCUT2D eigenvalue weighted by Crippen LogP contribution is 2.24. The zero-order valence-electron chi connectivity index (χ0n) is 18.6. The van der Waals surface area contributed by atoms with E-state index >= 15 is 0 Å². The summed E-state index contributed by atoms with van der Waals surface area (Å²) in [5.41, 5.74) is 1.50. The highest BCUT2D eigenvalue weighted by molar-refractivity contribution is 7.92. The molecule has 2 aromatic carbocycles. The van der Waals surface area contributed by atoms with Crippen LogP contribution in [0, 0.1) is 0 Å². The van der Waals surface area contributed by atoms with Gasteiger partial charge < -0.3 is 14.8 Å². The summed E-state index contributed by atoms with van der Waals surface area (Å²) in [6.45, 7) is 4.74. The molecule has 0 radical (unpaired) electrons. The van der Waals surface area contributed by atoms with Gasteiger partial charge in [-0.05, 0) is 62.1 Å². The largest absolute Gasteiger partial charge is 0.497 e. The van der Waals surface area contributed by atoms with Crippen molar-refractivity contribution in [3.63, 3.8) is 0 Å². The van der Waals surface area contributed by atoms with E-state index in [1.165, 1.54) is 7.11 Å². The van der Waals surface area contributed by atoms with Crippen LogP contribution in [0.15, 0.2) is 48.5 Å². The van der Waals surface area contributed by atoms with Crippen LogP contribution in [-0.4, -0.2) is 46.9 Å². The van der Waals surface area contributed by atoms with Crippen molar-refractivity contribution in [3.05, 3.63) is 54.1 Å². The predicted octanol–water partition coefficient (Wildman–Crippen LogP) is 3.39. The van der Waals surface area contributed by atoms with E-state index in [1.54, 1.807) is 31.2 Å². The van der Waals surface area contributed by atoms with E-state index in [1.807, 2.05) is 24.3 Å². The van der Waals surface area contributed by atoms with Crippen LogP contribution >= 0.6 is 0 Å². The number of anilines is 1. The summed E-state index contributed by atoms with van der Waals surface area (Å²) in [5, 5.41) is 2.85. The van der Waals surface area contributed by atoms with Crippen molar-refractivity contribution in [1.29, 1.82) is 0 Å². The summed E-state index contributed by atoms with van der Waals surface area (Å²) in [7, 11) is -2.12. The Balaban J connectivity index is 1.97. The zero-order chi connectivity index (χ0) is 22.9. The van der Waals surface area contributed by atoms with Gasteiger partial charge >= 0.3 is 0 Å². The molecule has 1 N–H and O–H groups in total. The molecule has 0 aliphatic carbocycles. The second-order valence-electron chi connectivity index (χ2n) is 7.28. The average molecular weight is 449 g/mol. The number of carbonyl (C=O) groups is 1. The molecule has 170 valence electrons. The standard InChI is InChI=1S/C23H32N2O5S/c1-5-17-30-22-11-7-6-9-19(22)10-8-16-24-23(26)18(2)25(31(4,27)28)20-12-14-21(29-3)15-13-20/h6-7,9,11-15,18H,5,8,10,16-17H2,1-4H3,(H,24,26). The molecule has 7 nitrogen and oxygen atoms in total. The molecule has 2 rings (SSSR count). The fourth-order valence-corrected chi connectivity index (χ4v) is 4.41. The number of amides is 1. The smallest absolute Gasteiger partial charge is 0.243 e. The van der Waals surface area contributed by atoms with Gasteiger partial charge in [0, 0.05) is 6.54 Å². The molecule has 0 heterocycles. The first kappa shape index (κ1) is 24.5. The second-order valence-corrected chi connectivity index (χ2v) is 9.14. The lowest BCUT2D eigenvalue weighted by Gasteiger charge is -2.28. The van der Waals surface area contributed by atoms with E-state index in [0.29, 0.717) is 31.0 Å². The lowest BCUT2D eigenvalue weighted by atomic mass is 10.1. The number of nitrogens with zero attached hydrogens (tertiary/aromatic N) is 1. The number of rotatable bonds is 12. The first-order valence-electron chi connectivity index (χ1n) is 10.4. The Bertz CT molecular complexity index is 945. The molecule has 0 fully saturated rings. The van der Waals surface area contributed by atoms with Gasteiger partial charge in [0.25, 0.3) is 0 Å². The Labute approximate surface area is 185 Å². The van der Waals surface area contributed by atoms with Gasteiger partial charge in [0.05, 0.1) is 25.7 Å². The maximum atomic E-state index is 12.7. The Kier molecular flexibility index (Phi) is 9.18. The number of carbonyl (C=O) groups excluding carboxylic acids is 1. The number of methoxy groups -OCH3 is 1. The molecule has 1 amide bonds. The molecule has 0 aliphatic heterocycles. The molecule has 1 unspecified atom stereocenters. The number of aryl methyl sites for hydroxylation is 1. The molecule has 0 aliphatic rings. The summed E-state index contributed by atoms with van der Waals surface area (Å²) >= 11 is 0. The van der Waals surface area contributed by atoms with Gasteiger partial charge in [0.15, 0.2) is 0 Å². The van der Waals surface area contributed by atoms with Crippen molar-refractivity contribution in [3.8, 4) is 11.5 Å². The lowest BCUT2D eigenvalue weighted by molar-refractivity contribution is -0.121. The number of sulfonamides is 1. The summed E-state index contributed by atoms with van der Waals surface area (Å²) in [6, 6.07) is 13.6. The Morgan fingerprint density at radius 3 is 2.42 bits per heavy atom. The molecule has 0 spiro atoms. The summed E-state index contributed by atoms with van der Waals surface area (Å²) in [4.78, 5) is 12.7. The fraction of sp³-hybridized carbons (Fsp3) is 0.435. The third kappa shape index (κ3) is 7.17. The minimum absolute atomic E-state index is 0.350. The molecule has 0 saturated heterocycles. The van der Waals surface area contributed by atoms with Gasteiger partial charge in [0.2, 0.25) is 15.9 Å². The van der Waals surface area contributed by atoms with Crippen molar-refractivity contribution >= 4 is 21.6 Å². The molecule has 0 aromatic heterocycles. The van der Waals surface area contributed by atoms with E-state index in [-0.39, 0.29) is 5.91 Å². The topological polar surface area (TPSA) is 84.9 Å². The highest BCUT2D eigenvalue weighted by atomic mass is 32.2. The lowest BCUT2D eigenvalue weighted by Crippen LogP contribution is -2.48. The van der Waals surface area contributed by atoms with Crippen molar-refractivity contribution < 1.29 is 22.7 Å². The van der Waals surface area contributed by atoms with Gasteiger partial charge in [-0.25, -0.2) is 8.42 Å². The second kappa shape index (κ2) is 11.6. The highest BCUT2D eigenvalue weighted by Gasteiger charge is 2.28. The molecule has 0 saturated carbocycles. The van der Waals surface area contributed by atoms with Crippen molar-refractivity contribution in [2.24, 2.45) is 0 Å². The van der Waals surface area contributed by atoms with Crippen LogP contribution in [0.2, 0.25) is 0 Å². The van der Waals surface area contributed by atoms with E-state index in [2.05, 4.69) is 12.2 Å². The summed E-state index contributed by atoms with van der Waals surface area (Å²) in [5.74, 6) is 1.13. The summed E-state index contributed by atoms with van der Waals surface area (Å²) < 4.78 is 36.7. The van der Waals surface area contributed by atoms with Crippen molar-refractivity contribution in [2.75, 3.05) is 30.8 Å². The van der Waals surface area contributed by atoms with E-state index in [4.69, 9.17) is 9.47 Å². The fourth-order valence-electron chi connectivity index (χ4n) is 3.24. The molecular formula is C23H32N2O5S. The first-order chi connectivity index (χ1) is 14.8. The van der Waals surface area contributed by atoms with Crippen LogP contribution in [0.3, 0.4) is 0 Å². The molecule has 0 bridgehead atoms. The third-order valence-electron chi connectivity index (χ3n) is 4.77. The van der Waals surface area contributed by atoms with Crippen LogP contribution in [0.25, 0.3) is 0 Å². The number of hydrogen-bond acceptors (Lipinski definition) is 5. The number of hydrogen-bond donors (Lipinski definition) is 1. The van der Waals surface area contributed by atoms with Crippen molar-refractivity contribution in [1.82, 2.24) is 5.32 Å². The molecule has 2 aromatic rings. The van der Waals surface area contributed by atoms with Crippen LogP contribution in [0.1, 0.15) is 32.3 Å². The number of benzene rings is 2. The Hall–Kier alpha value is -2.74. The SMILES string of the molecule is CCCOc1ccccc1CCCNC(=O)C(C)N(c1ccc(OC)cc1)S(C)(=O)=O. The molecule has 31 heavy (non-hydrogen) atoms. The van der Waals surface area contributed by atoms with Gasteiger partial charge in [0.1, 0.15) is 17.5 Å². The third-order valence-corrected chi connectivity index (χ3v) is 6.01. The molecule has 1 atom stereocenters. The minimum atomic E-state index is -3.65. The van der Waals surface area contributed by atoms with E-state index < -0.39 is 16.1 Å². The van der Waals surface area contributed by atoms with Crippen molar-refractivity contribution in [2.45, 2.75) is 39.2 Å². The van der Waals surface area contributed by atoms with Gasteiger partial charge in [-0.15, -0.1) is 0 Å². The first-order valence-corrected chi connectivity index (χ1v) is 12.2. The van der Waals surface area contributed by atoms with Gasteiger partial charge in [-0.3, -0.25) is 9.10 Å². The monoisotopic (exact) mass is 448 g/mol. The quantitative estimate of drug-likeness (QED) is 0.503. The minimum Gasteiger partial charge on any atom is -0.497 e. The number of para-hydroxylation sites is 1.